The van der Waals surface area contributed by atoms with Gasteiger partial charge < -0.3 is 20.3 Å². The van der Waals surface area contributed by atoms with Crippen molar-refractivity contribution in [2.24, 2.45) is 5.11 Å². The predicted molar refractivity (Wildman–Crippen MR) is 86.5 cm³/mol. The number of ether oxygens (including phenoxy) is 1. The van der Waals surface area contributed by atoms with Crippen LogP contribution in [0.25, 0.3) is 10.4 Å². The number of nitrogens with zero attached hydrogens (tertiary/aromatic N) is 5. The summed E-state index contributed by atoms with van der Waals surface area (Å²) in [4.78, 5) is 18.5. The van der Waals surface area contributed by atoms with E-state index in [9.17, 15) is 19.4 Å². The fourth-order valence-corrected chi connectivity index (χ4v) is 2.72. The molecule has 10 nitrogen and oxygen atoms in total. The van der Waals surface area contributed by atoms with Crippen molar-refractivity contribution in [3.8, 4) is 0 Å². The Morgan fingerprint density at radius 1 is 1.68 bits per heavy atom. The minimum absolute atomic E-state index is 0.109. The molecule has 11 heteroatoms. The summed E-state index contributed by atoms with van der Waals surface area (Å²) < 4.78 is 20.4. The van der Waals surface area contributed by atoms with E-state index < -0.39 is 36.5 Å². The van der Waals surface area contributed by atoms with Crippen molar-refractivity contribution in [1.29, 1.82) is 0 Å². The number of aliphatic hydroxyl groups excluding tert-OH is 2. The summed E-state index contributed by atoms with van der Waals surface area (Å²) >= 11 is 0. The van der Waals surface area contributed by atoms with E-state index in [-0.39, 0.29) is 6.04 Å². The van der Waals surface area contributed by atoms with E-state index >= 15 is 0 Å². The summed E-state index contributed by atoms with van der Waals surface area (Å²) in [6.07, 6.45) is -2.47. The molecule has 5 atom stereocenters. The Labute approximate surface area is 142 Å². The van der Waals surface area contributed by atoms with E-state index in [1.807, 2.05) is 13.8 Å². The number of halogens is 1. The maximum atomic E-state index is 14.4. The van der Waals surface area contributed by atoms with Crippen molar-refractivity contribution < 1.29 is 19.3 Å². The van der Waals surface area contributed by atoms with E-state index in [1.165, 1.54) is 12.3 Å². The lowest BCUT2D eigenvalue weighted by Crippen LogP contribution is -2.43. The number of aromatic nitrogens is 2. The van der Waals surface area contributed by atoms with E-state index in [2.05, 4.69) is 20.3 Å². The van der Waals surface area contributed by atoms with Gasteiger partial charge in [-0.2, -0.15) is 4.98 Å². The standard InChI is InChI=1S/C14H21FN6O4/c1-3-4-8(2)17-9-5-6-21(13(24)18-9)12-10(15)11(23)14(7-22,25-12)19-20-16/h5-6,8,10-12,22-23H,3-4,7H2,1-2H3,(H,17,18,24)/t8-,10+,11?,12?,14-/m1/s1. The zero-order valence-corrected chi connectivity index (χ0v) is 13.9. The quantitative estimate of drug-likeness (QED) is 0.378. The van der Waals surface area contributed by atoms with Gasteiger partial charge in [0, 0.05) is 17.2 Å². The lowest BCUT2D eigenvalue weighted by atomic mass is 10.1. The number of aliphatic hydroxyl groups is 2. The number of nitrogens with one attached hydrogen (secondary N) is 1. The van der Waals surface area contributed by atoms with Crippen molar-refractivity contribution in [3.05, 3.63) is 33.2 Å². The fraction of sp³-hybridized carbons (Fsp3) is 0.714. The van der Waals surface area contributed by atoms with Crippen LogP contribution >= 0.6 is 0 Å². The molecular formula is C14H21FN6O4. The van der Waals surface area contributed by atoms with Gasteiger partial charge in [-0.15, -0.1) is 0 Å². The Hall–Kier alpha value is -2.20. The third-order valence-corrected chi connectivity index (χ3v) is 4.02. The molecule has 0 aliphatic carbocycles. The van der Waals surface area contributed by atoms with Gasteiger partial charge in [-0.25, -0.2) is 9.18 Å². The van der Waals surface area contributed by atoms with Gasteiger partial charge in [0.05, 0.1) is 6.61 Å². The maximum Gasteiger partial charge on any atom is 0.351 e. The van der Waals surface area contributed by atoms with Crippen LogP contribution in [0.1, 0.15) is 32.9 Å². The molecule has 1 aromatic heterocycles. The van der Waals surface area contributed by atoms with E-state index in [0.717, 1.165) is 17.4 Å². The second-order valence-electron chi connectivity index (χ2n) is 5.93. The van der Waals surface area contributed by atoms with Gasteiger partial charge in [0.25, 0.3) is 0 Å². The summed E-state index contributed by atoms with van der Waals surface area (Å²) in [7, 11) is 0. The molecule has 138 valence electrons. The number of anilines is 1. The molecule has 25 heavy (non-hydrogen) atoms. The lowest BCUT2D eigenvalue weighted by molar-refractivity contribution is -0.124. The largest absolute Gasteiger partial charge is 0.393 e. The minimum Gasteiger partial charge on any atom is -0.393 e. The lowest BCUT2D eigenvalue weighted by Gasteiger charge is -2.23. The first-order valence-corrected chi connectivity index (χ1v) is 7.91. The van der Waals surface area contributed by atoms with E-state index in [0.29, 0.717) is 5.82 Å². The number of azide groups is 1. The average molecular weight is 356 g/mol. The molecule has 1 aliphatic rings. The Morgan fingerprint density at radius 3 is 2.96 bits per heavy atom. The van der Waals surface area contributed by atoms with Crippen LogP contribution in [-0.2, 0) is 4.74 Å². The highest BCUT2D eigenvalue weighted by Crippen LogP contribution is 2.39. The molecular weight excluding hydrogens is 335 g/mol. The second kappa shape index (κ2) is 7.79. The van der Waals surface area contributed by atoms with Crippen LogP contribution in [0.2, 0.25) is 0 Å². The summed E-state index contributed by atoms with van der Waals surface area (Å²) in [5.74, 6) is 0.333. The molecule has 0 radical (unpaired) electrons. The molecule has 2 rings (SSSR count). The highest BCUT2D eigenvalue weighted by molar-refractivity contribution is 5.33. The predicted octanol–water partition coefficient (Wildman–Crippen LogP) is 1.07. The molecule has 1 fully saturated rings. The van der Waals surface area contributed by atoms with Gasteiger partial charge in [0.2, 0.25) is 5.72 Å². The monoisotopic (exact) mass is 356 g/mol. The summed E-state index contributed by atoms with van der Waals surface area (Å²) in [5, 5.41) is 25.5. The first-order chi connectivity index (χ1) is 11.9. The van der Waals surface area contributed by atoms with Crippen LogP contribution < -0.4 is 11.0 Å². The van der Waals surface area contributed by atoms with Gasteiger partial charge in [-0.3, -0.25) is 4.57 Å². The van der Waals surface area contributed by atoms with Crippen molar-refractivity contribution in [3.63, 3.8) is 0 Å². The Kier molecular flexibility index (Phi) is 5.96. The first kappa shape index (κ1) is 19.1. The Morgan fingerprint density at radius 2 is 2.40 bits per heavy atom. The molecule has 2 unspecified atom stereocenters. The molecule has 1 saturated heterocycles. The number of hydrogen-bond donors (Lipinski definition) is 3. The average Bonchev–Trinajstić information content (AvgIpc) is 2.81. The number of rotatable bonds is 7. The van der Waals surface area contributed by atoms with E-state index in [1.54, 1.807) is 0 Å². The second-order valence-corrected chi connectivity index (χ2v) is 5.93. The van der Waals surface area contributed by atoms with Crippen LogP contribution in [0.5, 0.6) is 0 Å². The fourth-order valence-electron chi connectivity index (χ4n) is 2.72. The van der Waals surface area contributed by atoms with Gasteiger partial charge in [-0.1, -0.05) is 18.5 Å². The highest BCUT2D eigenvalue weighted by atomic mass is 19.1. The smallest absolute Gasteiger partial charge is 0.351 e. The van der Waals surface area contributed by atoms with Crippen LogP contribution in [-0.4, -0.2) is 50.4 Å². The molecule has 1 aromatic rings. The Balaban J connectivity index is 2.27. The normalized spacial score (nSPS) is 29.9. The number of hydrogen-bond acceptors (Lipinski definition) is 7. The zero-order chi connectivity index (χ0) is 18.6. The van der Waals surface area contributed by atoms with Gasteiger partial charge in [0.15, 0.2) is 12.4 Å². The molecule has 0 bridgehead atoms. The molecule has 0 spiro atoms. The number of alkyl halides is 1. The van der Waals surface area contributed by atoms with Crippen molar-refractivity contribution in [2.75, 3.05) is 11.9 Å². The van der Waals surface area contributed by atoms with Crippen LogP contribution in [0, 0.1) is 0 Å². The van der Waals surface area contributed by atoms with Gasteiger partial charge in [-0.05, 0) is 24.9 Å². The maximum absolute atomic E-state index is 14.4. The molecule has 0 saturated carbocycles. The molecule has 1 aliphatic heterocycles. The van der Waals surface area contributed by atoms with Crippen LogP contribution in [0.3, 0.4) is 0 Å². The summed E-state index contributed by atoms with van der Waals surface area (Å²) in [6.45, 7) is 3.04. The summed E-state index contributed by atoms with van der Waals surface area (Å²) in [5.41, 5.74) is 5.55. The van der Waals surface area contributed by atoms with Crippen molar-refractivity contribution >= 4 is 5.82 Å². The van der Waals surface area contributed by atoms with Crippen LogP contribution in [0.15, 0.2) is 22.2 Å². The minimum atomic E-state index is -2.19. The third kappa shape index (κ3) is 3.74. The zero-order valence-electron chi connectivity index (χ0n) is 13.9. The SMILES string of the molecule is CCC[C@@H](C)Nc1ccn(C2O[C@@](CO)(N=[N+]=[N-])C(O)[C@@H]2F)c(=O)n1. The van der Waals surface area contributed by atoms with Crippen molar-refractivity contribution in [1.82, 2.24) is 9.55 Å². The third-order valence-electron chi connectivity index (χ3n) is 4.02. The van der Waals surface area contributed by atoms with Crippen molar-refractivity contribution in [2.45, 2.75) is 57.0 Å². The highest BCUT2D eigenvalue weighted by Gasteiger charge is 2.56. The Bertz CT molecular complexity index is 709. The van der Waals surface area contributed by atoms with Gasteiger partial charge >= 0.3 is 5.69 Å². The van der Waals surface area contributed by atoms with Gasteiger partial charge in [0.1, 0.15) is 11.9 Å². The first-order valence-electron chi connectivity index (χ1n) is 7.91. The molecule has 2 heterocycles. The molecule has 0 aromatic carbocycles. The summed E-state index contributed by atoms with van der Waals surface area (Å²) in [6, 6.07) is 1.58. The van der Waals surface area contributed by atoms with Crippen LogP contribution in [0.4, 0.5) is 10.2 Å². The topological polar surface area (TPSA) is 145 Å². The molecule has 0 amide bonds. The van der Waals surface area contributed by atoms with E-state index in [4.69, 9.17) is 10.3 Å². The molecule has 3 N–H and O–H groups in total.